The Hall–Kier alpha value is -1.36. The normalized spacial score (nSPS) is 12.1. The van der Waals surface area contributed by atoms with Crippen LogP contribution in [0.2, 0.25) is 0 Å². The number of allylic oxidation sites excluding steroid dienone is 2. The molecule has 0 bridgehead atoms. The van der Waals surface area contributed by atoms with Crippen LogP contribution in [-0.2, 0) is 19.1 Å². The molecule has 5 nitrogen and oxygen atoms in total. The second-order valence-corrected chi connectivity index (χ2v) is 20.1. The molecule has 0 heterocycles. The monoisotopic (exact) mass is 903 g/mol. The SMILES string of the molecule is CCCCCCCCCC/C=C\CCCCCCCCCCCCCCCCCCCCCC(=O)OC(CO)COC(=O)CCCCCCCCCCCCCCCCCCCCC. The molecule has 0 amide bonds. The third-order valence-electron chi connectivity index (χ3n) is 13.6. The van der Waals surface area contributed by atoms with Gasteiger partial charge in [0.15, 0.2) is 6.10 Å². The van der Waals surface area contributed by atoms with Crippen LogP contribution in [0.3, 0.4) is 0 Å². The maximum absolute atomic E-state index is 12.3. The van der Waals surface area contributed by atoms with Gasteiger partial charge in [-0.3, -0.25) is 9.59 Å². The van der Waals surface area contributed by atoms with Crippen molar-refractivity contribution in [3.05, 3.63) is 12.2 Å². The number of hydrogen-bond donors (Lipinski definition) is 1. The van der Waals surface area contributed by atoms with Gasteiger partial charge in [0.1, 0.15) is 6.61 Å². The standard InChI is InChI=1S/C59H114O5/c1-3-5-7-9-11-13-15-17-19-21-23-24-25-26-27-28-29-30-31-32-33-34-36-38-40-42-44-46-48-50-52-54-59(62)64-57(55-60)56-63-58(61)53-51-49-47-45-43-41-39-37-35-22-20-18-16-14-12-10-8-6-4-2/h21,23,57,60H,3-20,22,24-56H2,1-2H3/b23-21-. The number of hydrogen-bond acceptors (Lipinski definition) is 5. The van der Waals surface area contributed by atoms with Gasteiger partial charge in [-0.15, -0.1) is 0 Å². The topological polar surface area (TPSA) is 72.8 Å². The predicted molar refractivity (Wildman–Crippen MR) is 279 cm³/mol. The maximum Gasteiger partial charge on any atom is 0.306 e. The minimum atomic E-state index is -0.765. The van der Waals surface area contributed by atoms with E-state index in [-0.39, 0.29) is 25.2 Å². The van der Waals surface area contributed by atoms with Crippen molar-refractivity contribution in [3.8, 4) is 0 Å². The third kappa shape index (κ3) is 53.3. The van der Waals surface area contributed by atoms with E-state index in [4.69, 9.17) is 9.47 Å². The summed E-state index contributed by atoms with van der Waals surface area (Å²) in [5.74, 6) is -0.566. The molecular weight excluding hydrogens is 789 g/mol. The summed E-state index contributed by atoms with van der Waals surface area (Å²) in [4.78, 5) is 24.5. The van der Waals surface area contributed by atoms with Crippen molar-refractivity contribution < 1.29 is 24.2 Å². The highest BCUT2D eigenvalue weighted by Crippen LogP contribution is 2.18. The van der Waals surface area contributed by atoms with E-state index in [2.05, 4.69) is 26.0 Å². The average molecular weight is 904 g/mol. The zero-order valence-corrected chi connectivity index (χ0v) is 43.6. The van der Waals surface area contributed by atoms with Crippen molar-refractivity contribution in [1.29, 1.82) is 0 Å². The zero-order valence-electron chi connectivity index (χ0n) is 43.6. The van der Waals surface area contributed by atoms with Crippen LogP contribution in [0.5, 0.6) is 0 Å². The molecule has 5 heteroatoms. The lowest BCUT2D eigenvalue weighted by Crippen LogP contribution is -2.28. The summed E-state index contributed by atoms with van der Waals surface area (Å²) in [5, 5.41) is 9.65. The van der Waals surface area contributed by atoms with Gasteiger partial charge in [0, 0.05) is 12.8 Å². The number of aliphatic hydroxyl groups is 1. The van der Waals surface area contributed by atoms with E-state index in [0.717, 1.165) is 32.1 Å². The number of carbonyl (C=O) groups is 2. The fourth-order valence-corrected chi connectivity index (χ4v) is 9.14. The molecule has 380 valence electrons. The van der Waals surface area contributed by atoms with Crippen molar-refractivity contribution in [2.45, 2.75) is 341 Å². The number of unbranched alkanes of at least 4 members (excludes halogenated alkanes) is 45. The Bertz CT molecular complexity index is 932. The maximum atomic E-state index is 12.3. The second kappa shape index (κ2) is 56.0. The van der Waals surface area contributed by atoms with Crippen molar-refractivity contribution in [2.75, 3.05) is 13.2 Å². The summed E-state index contributed by atoms with van der Waals surface area (Å²) in [7, 11) is 0. The first-order chi connectivity index (χ1) is 31.6. The molecule has 0 rings (SSSR count). The fourth-order valence-electron chi connectivity index (χ4n) is 9.14. The van der Waals surface area contributed by atoms with Crippen LogP contribution >= 0.6 is 0 Å². The van der Waals surface area contributed by atoms with Crippen LogP contribution in [0.15, 0.2) is 12.2 Å². The van der Waals surface area contributed by atoms with Crippen molar-refractivity contribution in [2.24, 2.45) is 0 Å². The van der Waals surface area contributed by atoms with E-state index < -0.39 is 6.10 Å². The molecule has 0 aromatic heterocycles. The van der Waals surface area contributed by atoms with Crippen LogP contribution in [0, 0.1) is 0 Å². The van der Waals surface area contributed by atoms with E-state index in [9.17, 15) is 14.7 Å². The summed E-state index contributed by atoms with van der Waals surface area (Å²) in [6.07, 6.45) is 69.2. The van der Waals surface area contributed by atoms with Gasteiger partial charge in [-0.25, -0.2) is 0 Å². The molecule has 64 heavy (non-hydrogen) atoms. The highest BCUT2D eigenvalue weighted by molar-refractivity contribution is 5.70. The molecule has 0 saturated carbocycles. The Balaban J connectivity index is 3.39. The molecule has 0 aliphatic rings. The first-order valence-corrected chi connectivity index (χ1v) is 29.2. The summed E-state index contributed by atoms with van der Waals surface area (Å²) < 4.78 is 10.7. The minimum Gasteiger partial charge on any atom is -0.462 e. The van der Waals surface area contributed by atoms with E-state index >= 15 is 0 Å². The highest BCUT2D eigenvalue weighted by Gasteiger charge is 2.16. The average Bonchev–Trinajstić information content (AvgIpc) is 3.30. The van der Waals surface area contributed by atoms with E-state index in [1.807, 2.05) is 0 Å². The van der Waals surface area contributed by atoms with Crippen LogP contribution in [0.1, 0.15) is 335 Å². The van der Waals surface area contributed by atoms with E-state index in [0.29, 0.717) is 12.8 Å². The lowest BCUT2D eigenvalue weighted by Gasteiger charge is -2.15. The smallest absolute Gasteiger partial charge is 0.306 e. The van der Waals surface area contributed by atoms with Crippen LogP contribution in [0.4, 0.5) is 0 Å². The van der Waals surface area contributed by atoms with Crippen molar-refractivity contribution >= 4 is 11.9 Å². The lowest BCUT2D eigenvalue weighted by atomic mass is 10.0. The summed E-state index contributed by atoms with van der Waals surface area (Å²) in [6, 6.07) is 0. The highest BCUT2D eigenvalue weighted by atomic mass is 16.6. The number of rotatable bonds is 55. The van der Waals surface area contributed by atoms with Crippen LogP contribution < -0.4 is 0 Å². The molecule has 0 fully saturated rings. The van der Waals surface area contributed by atoms with Gasteiger partial charge in [-0.05, 0) is 38.5 Å². The molecule has 0 aromatic carbocycles. The molecular formula is C59H114O5. The first kappa shape index (κ1) is 62.6. The molecule has 0 aliphatic heterocycles. The van der Waals surface area contributed by atoms with Gasteiger partial charge >= 0.3 is 11.9 Å². The Morgan fingerprint density at radius 2 is 0.578 bits per heavy atom. The third-order valence-corrected chi connectivity index (χ3v) is 13.6. The zero-order chi connectivity index (χ0) is 46.3. The van der Waals surface area contributed by atoms with Crippen LogP contribution in [-0.4, -0.2) is 36.4 Å². The Morgan fingerprint density at radius 3 is 0.844 bits per heavy atom. The molecule has 0 spiro atoms. The van der Waals surface area contributed by atoms with Crippen molar-refractivity contribution in [1.82, 2.24) is 0 Å². The first-order valence-electron chi connectivity index (χ1n) is 29.2. The van der Waals surface area contributed by atoms with Crippen molar-refractivity contribution in [3.63, 3.8) is 0 Å². The summed E-state index contributed by atoms with van der Waals surface area (Å²) in [5.41, 5.74) is 0. The molecule has 0 aromatic rings. The Labute approximate surface area is 401 Å². The Kier molecular flexibility index (Phi) is 54.8. The molecule has 1 N–H and O–H groups in total. The largest absolute Gasteiger partial charge is 0.462 e. The number of ether oxygens (including phenoxy) is 2. The fraction of sp³-hybridized carbons (Fsp3) is 0.932. The number of aliphatic hydroxyl groups excluding tert-OH is 1. The summed E-state index contributed by atoms with van der Waals surface area (Å²) >= 11 is 0. The molecule has 1 atom stereocenters. The predicted octanol–water partition coefficient (Wildman–Crippen LogP) is 19.5. The second-order valence-electron chi connectivity index (χ2n) is 20.1. The van der Waals surface area contributed by atoms with Gasteiger partial charge < -0.3 is 14.6 Å². The van der Waals surface area contributed by atoms with Gasteiger partial charge in [0.05, 0.1) is 6.61 Å². The summed E-state index contributed by atoms with van der Waals surface area (Å²) in [6.45, 7) is 4.20. The minimum absolute atomic E-state index is 0.0571. The van der Waals surface area contributed by atoms with Gasteiger partial charge in [0.25, 0.3) is 0 Å². The van der Waals surface area contributed by atoms with Gasteiger partial charge in [-0.1, -0.05) is 296 Å². The quantitative estimate of drug-likeness (QED) is 0.0374. The lowest BCUT2D eigenvalue weighted by molar-refractivity contribution is -0.161. The van der Waals surface area contributed by atoms with E-state index in [1.54, 1.807) is 0 Å². The number of carbonyl (C=O) groups excluding carboxylic acids is 2. The molecule has 0 saturated heterocycles. The molecule has 0 radical (unpaired) electrons. The van der Waals surface area contributed by atoms with Gasteiger partial charge in [-0.2, -0.15) is 0 Å². The van der Waals surface area contributed by atoms with Gasteiger partial charge in [0.2, 0.25) is 0 Å². The molecule has 0 aliphatic carbocycles. The van der Waals surface area contributed by atoms with Crippen LogP contribution in [0.25, 0.3) is 0 Å². The Morgan fingerprint density at radius 1 is 0.344 bits per heavy atom. The number of esters is 2. The van der Waals surface area contributed by atoms with E-state index in [1.165, 1.54) is 276 Å². The molecule has 1 unspecified atom stereocenters.